The summed E-state index contributed by atoms with van der Waals surface area (Å²) < 4.78 is 0. The number of hydrogen-bond acceptors (Lipinski definition) is 2. The molecule has 2 nitrogen and oxygen atoms in total. The van der Waals surface area contributed by atoms with Crippen molar-refractivity contribution in [1.29, 1.82) is 0 Å². The molecule has 9 heavy (non-hydrogen) atoms. The van der Waals surface area contributed by atoms with Gasteiger partial charge in [-0.2, -0.15) is 0 Å². The summed E-state index contributed by atoms with van der Waals surface area (Å²) in [5.74, 6) is 0.333. The zero-order valence-corrected chi connectivity index (χ0v) is 7.27. The second kappa shape index (κ2) is 10.8. The zero-order chi connectivity index (χ0) is 7.15. The monoisotopic (exact) mass is 172 g/mol. The van der Waals surface area contributed by atoms with Crippen molar-refractivity contribution in [1.82, 2.24) is 0 Å². The Labute approximate surface area is 66.5 Å². The maximum atomic E-state index is 9.44. The molecule has 0 unspecified atom stereocenters. The van der Waals surface area contributed by atoms with Crippen molar-refractivity contribution in [2.75, 3.05) is 0 Å². The Bertz CT molecular complexity index is 69.1. The van der Waals surface area contributed by atoms with Crippen LogP contribution in [0.15, 0.2) is 0 Å². The van der Waals surface area contributed by atoms with Crippen LogP contribution in [-0.4, -0.2) is 11.6 Å². The van der Waals surface area contributed by atoms with E-state index in [0.29, 0.717) is 0 Å². The molecule has 0 bridgehead atoms. The molecule has 0 rings (SSSR count). The standard InChI is InChI=1S/2C3H6O.Fe/c2*1-3(2)4;/h2*1-2H3;. The molecule has 0 saturated carbocycles. The number of ketones is 2. The predicted molar refractivity (Wildman–Crippen MR) is 32.7 cm³/mol. The van der Waals surface area contributed by atoms with Gasteiger partial charge < -0.3 is 9.59 Å². The topological polar surface area (TPSA) is 34.1 Å². The number of rotatable bonds is 0. The average molecular weight is 172 g/mol. The third kappa shape index (κ3) is 13700. The Hall–Kier alpha value is -0.141. The van der Waals surface area contributed by atoms with Gasteiger partial charge in [-0.15, -0.1) is 0 Å². The van der Waals surface area contributed by atoms with Gasteiger partial charge >= 0.3 is 0 Å². The van der Waals surface area contributed by atoms with Gasteiger partial charge in [0, 0.05) is 17.1 Å². The molecule has 0 atom stereocenters. The molecule has 0 spiro atoms. The summed E-state index contributed by atoms with van der Waals surface area (Å²) in [6, 6.07) is 0. The van der Waals surface area contributed by atoms with E-state index < -0.39 is 0 Å². The molecule has 0 amide bonds. The van der Waals surface area contributed by atoms with Crippen molar-refractivity contribution in [3.63, 3.8) is 0 Å². The average Bonchev–Trinajstić information content (AvgIpc) is 1.25. The smallest absolute Gasteiger partial charge is 0.126 e. The van der Waals surface area contributed by atoms with E-state index >= 15 is 0 Å². The van der Waals surface area contributed by atoms with Crippen LogP contribution < -0.4 is 0 Å². The molecule has 0 saturated heterocycles. The summed E-state index contributed by atoms with van der Waals surface area (Å²) in [4.78, 5) is 18.9. The Morgan fingerprint density at radius 1 is 0.778 bits per heavy atom. The molecule has 0 aliphatic heterocycles. The van der Waals surface area contributed by atoms with Crippen LogP contribution in [-0.2, 0) is 26.7 Å². The molecular weight excluding hydrogens is 160 g/mol. The van der Waals surface area contributed by atoms with Gasteiger partial charge in [-0.25, -0.2) is 0 Å². The van der Waals surface area contributed by atoms with Crippen LogP contribution in [0.25, 0.3) is 0 Å². The Balaban J connectivity index is -0.0000000720. The zero-order valence-electron chi connectivity index (χ0n) is 6.17. The second-order valence-electron chi connectivity index (χ2n) is 1.82. The maximum absolute atomic E-state index is 9.44. The van der Waals surface area contributed by atoms with Crippen molar-refractivity contribution in [3.05, 3.63) is 0 Å². The van der Waals surface area contributed by atoms with Gasteiger partial charge in [0.25, 0.3) is 0 Å². The molecule has 0 N–H and O–H groups in total. The van der Waals surface area contributed by atoms with Crippen LogP contribution in [0.4, 0.5) is 0 Å². The van der Waals surface area contributed by atoms with Gasteiger partial charge in [0.1, 0.15) is 11.6 Å². The fourth-order valence-electron chi connectivity index (χ4n) is 0. The minimum atomic E-state index is 0. The van der Waals surface area contributed by atoms with E-state index in [-0.39, 0.29) is 28.6 Å². The van der Waals surface area contributed by atoms with E-state index in [0.717, 1.165) is 0 Å². The summed E-state index contributed by atoms with van der Waals surface area (Å²) in [6.07, 6.45) is 0. The molecule has 56 valence electrons. The van der Waals surface area contributed by atoms with Crippen molar-refractivity contribution in [2.24, 2.45) is 0 Å². The summed E-state index contributed by atoms with van der Waals surface area (Å²) in [5.41, 5.74) is 0. The first kappa shape index (κ1) is 15.9. The fraction of sp³-hybridized carbons (Fsp3) is 0.667. The molecule has 0 aromatic heterocycles. The van der Waals surface area contributed by atoms with Crippen molar-refractivity contribution < 1.29 is 26.7 Å². The third-order valence-corrected chi connectivity index (χ3v) is 0. The van der Waals surface area contributed by atoms with Crippen molar-refractivity contribution in [2.45, 2.75) is 27.7 Å². The summed E-state index contributed by atoms with van der Waals surface area (Å²) in [6.45, 7) is 6.11. The van der Waals surface area contributed by atoms with Crippen LogP contribution >= 0.6 is 0 Å². The molecule has 0 aliphatic rings. The van der Waals surface area contributed by atoms with Crippen molar-refractivity contribution in [3.8, 4) is 0 Å². The quantitative estimate of drug-likeness (QED) is 0.514. The van der Waals surface area contributed by atoms with E-state index in [1.807, 2.05) is 0 Å². The minimum absolute atomic E-state index is 0. The minimum Gasteiger partial charge on any atom is -0.300 e. The van der Waals surface area contributed by atoms with Crippen LogP contribution in [0.2, 0.25) is 0 Å². The van der Waals surface area contributed by atoms with Crippen LogP contribution in [0.5, 0.6) is 0 Å². The Morgan fingerprint density at radius 2 is 0.778 bits per heavy atom. The van der Waals surface area contributed by atoms with E-state index in [4.69, 9.17) is 0 Å². The molecular formula is C6H12FeO2. The third-order valence-electron chi connectivity index (χ3n) is 0. The first-order valence-corrected chi connectivity index (χ1v) is 2.41. The second-order valence-corrected chi connectivity index (χ2v) is 1.82. The summed E-state index contributed by atoms with van der Waals surface area (Å²) in [7, 11) is 0. The largest absolute Gasteiger partial charge is 0.300 e. The van der Waals surface area contributed by atoms with Gasteiger partial charge in [-0.05, 0) is 27.7 Å². The normalized spacial score (nSPS) is 5.78. The summed E-state index contributed by atoms with van der Waals surface area (Å²) >= 11 is 0. The predicted octanol–water partition coefficient (Wildman–Crippen LogP) is 1.19. The first-order chi connectivity index (χ1) is 3.46. The molecule has 0 aliphatic carbocycles. The van der Waals surface area contributed by atoms with E-state index in [2.05, 4.69) is 0 Å². The molecule has 0 radical (unpaired) electrons. The summed E-state index contributed by atoms with van der Waals surface area (Å²) in [5, 5.41) is 0. The van der Waals surface area contributed by atoms with E-state index in [1.54, 1.807) is 0 Å². The fourth-order valence-corrected chi connectivity index (χ4v) is 0. The van der Waals surface area contributed by atoms with Crippen LogP contribution in [0.3, 0.4) is 0 Å². The van der Waals surface area contributed by atoms with Crippen LogP contribution in [0.1, 0.15) is 27.7 Å². The van der Waals surface area contributed by atoms with Gasteiger partial charge in [-0.3, -0.25) is 0 Å². The SMILES string of the molecule is CC(C)=O.CC(C)=O.[Fe]. The molecule has 0 aromatic carbocycles. The Kier molecular flexibility index (Phi) is 19.1. The Morgan fingerprint density at radius 3 is 0.778 bits per heavy atom. The maximum Gasteiger partial charge on any atom is 0.126 e. The van der Waals surface area contributed by atoms with Gasteiger partial charge in [0.15, 0.2) is 0 Å². The molecule has 3 heteroatoms. The molecule has 0 fully saturated rings. The number of Topliss-reactive ketones (excluding diaryl/α,β-unsaturated/α-hetero) is 2. The van der Waals surface area contributed by atoms with E-state index in [9.17, 15) is 9.59 Å². The number of carbonyl (C=O) groups is 2. The number of hydrogen-bond donors (Lipinski definition) is 0. The van der Waals surface area contributed by atoms with E-state index in [1.165, 1.54) is 27.7 Å². The molecule has 0 aromatic rings. The first-order valence-electron chi connectivity index (χ1n) is 2.41. The van der Waals surface area contributed by atoms with Crippen LogP contribution in [0, 0.1) is 0 Å². The number of carbonyl (C=O) groups excluding carboxylic acids is 2. The van der Waals surface area contributed by atoms with Crippen molar-refractivity contribution >= 4 is 11.6 Å². The van der Waals surface area contributed by atoms with Gasteiger partial charge in [-0.1, -0.05) is 0 Å². The molecule has 0 heterocycles. The van der Waals surface area contributed by atoms with Gasteiger partial charge in [0.05, 0.1) is 0 Å². The van der Waals surface area contributed by atoms with Gasteiger partial charge in [0.2, 0.25) is 0 Å².